The van der Waals surface area contributed by atoms with Crippen LogP contribution in [0.5, 0.6) is 0 Å². The van der Waals surface area contributed by atoms with Crippen LogP contribution in [0.25, 0.3) is 0 Å². The van der Waals surface area contributed by atoms with Gasteiger partial charge in [0.1, 0.15) is 0 Å². The molecule has 0 aromatic heterocycles. The third-order valence-electron chi connectivity index (χ3n) is 0.920. The summed E-state index contributed by atoms with van der Waals surface area (Å²) < 4.78 is 4.50. The fourth-order valence-electron chi connectivity index (χ4n) is 0.551. The topological polar surface area (TPSA) is 26.3 Å². The van der Waals surface area contributed by atoms with Gasteiger partial charge in [-0.1, -0.05) is 6.92 Å². The average Bonchev–Trinajstić information content (AvgIpc) is 1.87. The third-order valence-corrected chi connectivity index (χ3v) is 0.920. The van der Waals surface area contributed by atoms with Crippen molar-refractivity contribution in [2.45, 2.75) is 19.2 Å². The highest BCUT2D eigenvalue weighted by Crippen LogP contribution is 2.15. The van der Waals surface area contributed by atoms with Crippen LogP contribution in [0.4, 0.5) is 0 Å². The molecular formula is C4H6BO2. The van der Waals surface area contributed by atoms with E-state index in [2.05, 4.69) is 4.65 Å². The van der Waals surface area contributed by atoms with Crippen LogP contribution in [-0.4, -0.2) is 13.5 Å². The molecule has 0 spiro atoms. The summed E-state index contributed by atoms with van der Waals surface area (Å²) in [5.41, 5.74) is 0. The summed E-state index contributed by atoms with van der Waals surface area (Å²) in [5.74, 6) is 0.222. The zero-order valence-electron chi connectivity index (χ0n) is 4.18. The number of carbonyl (C=O) groups excluding carboxylic acids is 1. The molecule has 2 nitrogen and oxygen atoms in total. The summed E-state index contributed by atoms with van der Waals surface area (Å²) in [4.78, 5) is 10.2. The molecule has 0 amide bonds. The number of hydrogen-bond acceptors (Lipinski definition) is 2. The maximum Gasteiger partial charge on any atom is 0.377 e. The minimum absolute atomic E-state index is 0.104. The first kappa shape index (κ1) is 4.69. The van der Waals surface area contributed by atoms with E-state index in [1.807, 2.05) is 6.92 Å². The van der Waals surface area contributed by atoms with Gasteiger partial charge in [-0.15, -0.1) is 0 Å². The van der Waals surface area contributed by atoms with Crippen molar-refractivity contribution in [3.63, 3.8) is 0 Å². The normalized spacial score (nSPS) is 29.3. The summed E-state index contributed by atoms with van der Waals surface area (Å²) in [7, 11) is 1.57. The molecule has 7 heavy (non-hydrogen) atoms. The largest absolute Gasteiger partial charge is 0.538 e. The first-order valence-electron chi connectivity index (χ1n) is 2.32. The lowest BCUT2D eigenvalue weighted by Gasteiger charge is -1.82. The summed E-state index contributed by atoms with van der Waals surface area (Å²) in [6.45, 7) is 1.95. The first-order valence-corrected chi connectivity index (χ1v) is 2.32. The van der Waals surface area contributed by atoms with E-state index in [0.29, 0.717) is 12.2 Å². The predicted molar refractivity (Wildman–Crippen MR) is 25.9 cm³/mol. The monoisotopic (exact) mass is 97.0 g/mol. The van der Waals surface area contributed by atoms with Gasteiger partial charge in [-0.25, -0.2) is 0 Å². The standard InChI is InChI=1S/C4H6BO2/c1-3-2-4(6)7-5-3/h3H,2H2,1H3/t3-/m1/s1. The zero-order valence-corrected chi connectivity index (χ0v) is 4.18. The van der Waals surface area contributed by atoms with Gasteiger partial charge in [0.2, 0.25) is 0 Å². The lowest BCUT2D eigenvalue weighted by Crippen LogP contribution is -1.91. The summed E-state index contributed by atoms with van der Waals surface area (Å²) in [6, 6.07) is 0. The van der Waals surface area contributed by atoms with E-state index in [1.165, 1.54) is 0 Å². The minimum Gasteiger partial charge on any atom is -0.538 e. The van der Waals surface area contributed by atoms with E-state index in [9.17, 15) is 4.79 Å². The van der Waals surface area contributed by atoms with Crippen LogP contribution < -0.4 is 0 Å². The highest BCUT2D eigenvalue weighted by Gasteiger charge is 2.21. The van der Waals surface area contributed by atoms with E-state index in [-0.39, 0.29) is 5.97 Å². The van der Waals surface area contributed by atoms with Crippen molar-refractivity contribution in [3.8, 4) is 0 Å². The SMILES string of the molecule is C[C@H]1[B]OC(=O)C1. The molecule has 37 valence electrons. The molecule has 0 N–H and O–H groups in total. The Labute approximate surface area is 43.1 Å². The van der Waals surface area contributed by atoms with Gasteiger partial charge in [0.05, 0.1) is 0 Å². The Balaban J connectivity index is 2.40. The van der Waals surface area contributed by atoms with Crippen molar-refractivity contribution in [1.29, 1.82) is 0 Å². The Morgan fingerprint density at radius 1 is 2.00 bits per heavy atom. The Bertz CT molecular complexity index is 91.7. The van der Waals surface area contributed by atoms with Gasteiger partial charge in [-0.3, -0.25) is 4.79 Å². The van der Waals surface area contributed by atoms with Crippen LogP contribution in [0.2, 0.25) is 5.82 Å². The molecule has 1 saturated heterocycles. The lowest BCUT2D eigenvalue weighted by atomic mass is 9.83. The van der Waals surface area contributed by atoms with Crippen LogP contribution in [0.15, 0.2) is 0 Å². The van der Waals surface area contributed by atoms with E-state index >= 15 is 0 Å². The van der Waals surface area contributed by atoms with Gasteiger partial charge < -0.3 is 4.65 Å². The molecule has 1 atom stereocenters. The van der Waals surface area contributed by atoms with Crippen molar-refractivity contribution in [2.24, 2.45) is 0 Å². The fraction of sp³-hybridized carbons (Fsp3) is 0.750. The van der Waals surface area contributed by atoms with Crippen LogP contribution >= 0.6 is 0 Å². The minimum atomic E-state index is -0.104. The van der Waals surface area contributed by atoms with Crippen molar-refractivity contribution < 1.29 is 9.45 Å². The summed E-state index contributed by atoms with van der Waals surface area (Å²) in [6.07, 6.45) is 0.556. The molecule has 3 heteroatoms. The molecule has 1 rings (SSSR count). The van der Waals surface area contributed by atoms with Crippen molar-refractivity contribution in [2.75, 3.05) is 0 Å². The lowest BCUT2D eigenvalue weighted by molar-refractivity contribution is -0.132. The van der Waals surface area contributed by atoms with E-state index < -0.39 is 0 Å². The predicted octanol–water partition coefficient (Wildman–Crippen LogP) is 0.361. The van der Waals surface area contributed by atoms with Gasteiger partial charge in [-0.2, -0.15) is 0 Å². The van der Waals surface area contributed by atoms with Gasteiger partial charge in [0.15, 0.2) is 0 Å². The second-order valence-electron chi connectivity index (χ2n) is 1.81. The number of rotatable bonds is 0. The Morgan fingerprint density at radius 2 is 2.71 bits per heavy atom. The van der Waals surface area contributed by atoms with Gasteiger partial charge in [-0.05, 0) is 5.82 Å². The number of carbonyl (C=O) groups is 1. The molecule has 0 aromatic rings. The highest BCUT2D eigenvalue weighted by atomic mass is 16.5. The van der Waals surface area contributed by atoms with Crippen LogP contribution in [0.1, 0.15) is 13.3 Å². The molecule has 1 aliphatic rings. The quantitative estimate of drug-likeness (QED) is 0.408. The average molecular weight is 96.9 g/mol. The molecule has 0 aromatic carbocycles. The summed E-state index contributed by atoms with van der Waals surface area (Å²) >= 11 is 0. The second kappa shape index (κ2) is 1.56. The smallest absolute Gasteiger partial charge is 0.377 e. The van der Waals surface area contributed by atoms with E-state index in [4.69, 9.17) is 0 Å². The Kier molecular flexibility index (Phi) is 1.05. The molecule has 1 radical (unpaired) electrons. The van der Waals surface area contributed by atoms with Crippen LogP contribution in [0.3, 0.4) is 0 Å². The second-order valence-corrected chi connectivity index (χ2v) is 1.81. The van der Waals surface area contributed by atoms with Crippen molar-refractivity contribution >= 4 is 13.5 Å². The van der Waals surface area contributed by atoms with Crippen molar-refractivity contribution in [3.05, 3.63) is 0 Å². The van der Waals surface area contributed by atoms with Crippen molar-refractivity contribution in [1.82, 2.24) is 0 Å². The van der Waals surface area contributed by atoms with E-state index in [1.54, 1.807) is 7.48 Å². The third kappa shape index (κ3) is 0.949. The molecule has 1 aliphatic heterocycles. The molecule has 1 heterocycles. The Hall–Kier alpha value is -0.465. The van der Waals surface area contributed by atoms with Crippen LogP contribution in [0, 0.1) is 0 Å². The van der Waals surface area contributed by atoms with Gasteiger partial charge >= 0.3 is 7.48 Å². The molecule has 0 saturated carbocycles. The molecule has 0 bridgehead atoms. The summed E-state index contributed by atoms with van der Waals surface area (Å²) in [5, 5.41) is 0. The van der Waals surface area contributed by atoms with Crippen LogP contribution in [-0.2, 0) is 9.45 Å². The molecule has 0 aliphatic carbocycles. The first-order chi connectivity index (χ1) is 3.29. The van der Waals surface area contributed by atoms with Gasteiger partial charge in [0.25, 0.3) is 5.97 Å². The molecule has 1 fully saturated rings. The maximum absolute atomic E-state index is 10.2. The van der Waals surface area contributed by atoms with E-state index in [0.717, 1.165) is 0 Å². The highest BCUT2D eigenvalue weighted by molar-refractivity contribution is 6.36. The van der Waals surface area contributed by atoms with Gasteiger partial charge in [0, 0.05) is 6.42 Å². The molecule has 0 unspecified atom stereocenters. The number of hydrogen-bond donors (Lipinski definition) is 0. The maximum atomic E-state index is 10.2. The fourth-order valence-corrected chi connectivity index (χ4v) is 0.551. The Morgan fingerprint density at radius 3 is 2.86 bits per heavy atom. The zero-order chi connectivity index (χ0) is 5.28. The molecular weight excluding hydrogens is 90.9 g/mol.